The number of carbonyl (C=O) groups excluding carboxylic acids is 1. The van der Waals surface area contributed by atoms with E-state index in [1.807, 2.05) is 4.90 Å². The van der Waals surface area contributed by atoms with Gasteiger partial charge in [0.2, 0.25) is 5.91 Å². The molecule has 0 spiro atoms. The van der Waals surface area contributed by atoms with Gasteiger partial charge >= 0.3 is 0 Å². The molecule has 2 aliphatic heterocycles. The third kappa shape index (κ3) is 3.95. The third-order valence-electron chi connectivity index (χ3n) is 4.37. The van der Waals surface area contributed by atoms with E-state index >= 15 is 0 Å². The SMILES string of the molecule is CCCCN(C(=O)C1CCNCC1)C1CCS(=O)(=O)C1. The Morgan fingerprint density at radius 2 is 1.95 bits per heavy atom. The fourth-order valence-corrected chi connectivity index (χ4v) is 4.86. The fraction of sp³-hybridized carbons (Fsp3) is 0.929. The van der Waals surface area contributed by atoms with Crippen molar-refractivity contribution in [1.82, 2.24) is 10.2 Å². The van der Waals surface area contributed by atoms with Gasteiger partial charge in [0.1, 0.15) is 0 Å². The van der Waals surface area contributed by atoms with E-state index in [-0.39, 0.29) is 29.4 Å². The Morgan fingerprint density at radius 3 is 2.50 bits per heavy atom. The Labute approximate surface area is 122 Å². The van der Waals surface area contributed by atoms with Gasteiger partial charge in [-0.3, -0.25) is 4.79 Å². The third-order valence-corrected chi connectivity index (χ3v) is 6.12. The summed E-state index contributed by atoms with van der Waals surface area (Å²) in [6, 6.07) is -0.0889. The van der Waals surface area contributed by atoms with Gasteiger partial charge in [-0.1, -0.05) is 13.3 Å². The second-order valence-electron chi connectivity index (χ2n) is 5.97. The topological polar surface area (TPSA) is 66.5 Å². The first-order valence-electron chi connectivity index (χ1n) is 7.75. The van der Waals surface area contributed by atoms with Crippen LogP contribution in [0.4, 0.5) is 0 Å². The smallest absolute Gasteiger partial charge is 0.226 e. The highest BCUT2D eigenvalue weighted by molar-refractivity contribution is 7.91. The molecule has 116 valence electrons. The van der Waals surface area contributed by atoms with Crippen LogP contribution in [-0.4, -0.2) is 56.4 Å². The van der Waals surface area contributed by atoms with Crippen LogP contribution in [0.25, 0.3) is 0 Å². The first-order chi connectivity index (χ1) is 9.53. The number of amides is 1. The van der Waals surface area contributed by atoms with E-state index < -0.39 is 9.84 Å². The van der Waals surface area contributed by atoms with Crippen molar-refractivity contribution in [2.24, 2.45) is 5.92 Å². The molecular formula is C14H26N2O3S. The van der Waals surface area contributed by atoms with Crippen LogP contribution < -0.4 is 5.32 Å². The average molecular weight is 302 g/mol. The molecule has 6 heteroatoms. The van der Waals surface area contributed by atoms with E-state index in [1.165, 1.54) is 0 Å². The van der Waals surface area contributed by atoms with E-state index in [0.29, 0.717) is 13.0 Å². The van der Waals surface area contributed by atoms with Crippen LogP contribution in [0.5, 0.6) is 0 Å². The number of carbonyl (C=O) groups is 1. The van der Waals surface area contributed by atoms with Crippen molar-refractivity contribution >= 4 is 15.7 Å². The quantitative estimate of drug-likeness (QED) is 0.816. The van der Waals surface area contributed by atoms with Crippen molar-refractivity contribution < 1.29 is 13.2 Å². The molecule has 2 aliphatic rings. The molecule has 0 bridgehead atoms. The molecule has 5 nitrogen and oxygen atoms in total. The summed E-state index contributed by atoms with van der Waals surface area (Å²) in [7, 11) is -2.94. The Hall–Kier alpha value is -0.620. The average Bonchev–Trinajstić information content (AvgIpc) is 2.80. The monoisotopic (exact) mass is 302 g/mol. The molecule has 0 aromatic rings. The standard InChI is InChI=1S/C14H26N2O3S/c1-2-3-9-16(13-6-10-20(18,19)11-13)14(17)12-4-7-15-8-5-12/h12-13,15H,2-11H2,1H3. The largest absolute Gasteiger partial charge is 0.338 e. The summed E-state index contributed by atoms with van der Waals surface area (Å²) in [5, 5.41) is 3.27. The normalized spacial score (nSPS) is 26.6. The summed E-state index contributed by atoms with van der Waals surface area (Å²) in [5.74, 6) is 0.659. The highest BCUT2D eigenvalue weighted by atomic mass is 32.2. The fourth-order valence-electron chi connectivity index (χ4n) is 3.13. The minimum Gasteiger partial charge on any atom is -0.338 e. The molecular weight excluding hydrogens is 276 g/mol. The van der Waals surface area contributed by atoms with Gasteiger partial charge in [-0.25, -0.2) is 8.42 Å². The van der Waals surface area contributed by atoms with Crippen LogP contribution in [0.1, 0.15) is 39.0 Å². The zero-order valence-electron chi connectivity index (χ0n) is 12.3. The van der Waals surface area contributed by atoms with E-state index in [9.17, 15) is 13.2 Å². The molecule has 0 aliphatic carbocycles. The van der Waals surface area contributed by atoms with Crippen LogP contribution >= 0.6 is 0 Å². The van der Waals surface area contributed by atoms with Crippen molar-refractivity contribution in [2.45, 2.75) is 45.1 Å². The number of nitrogens with zero attached hydrogens (tertiary/aromatic N) is 1. The van der Waals surface area contributed by atoms with Crippen LogP contribution in [0, 0.1) is 5.92 Å². The number of sulfone groups is 1. The molecule has 1 atom stereocenters. The lowest BCUT2D eigenvalue weighted by Gasteiger charge is -2.33. The highest BCUT2D eigenvalue weighted by Gasteiger charge is 2.36. The van der Waals surface area contributed by atoms with Gasteiger partial charge in [-0.2, -0.15) is 0 Å². The van der Waals surface area contributed by atoms with Crippen molar-refractivity contribution in [3.8, 4) is 0 Å². The zero-order chi connectivity index (χ0) is 14.6. The van der Waals surface area contributed by atoms with Gasteiger partial charge in [0.25, 0.3) is 0 Å². The molecule has 1 unspecified atom stereocenters. The van der Waals surface area contributed by atoms with Gasteiger partial charge in [-0.05, 0) is 38.8 Å². The molecule has 2 fully saturated rings. The number of piperidine rings is 1. The molecule has 1 N–H and O–H groups in total. The lowest BCUT2D eigenvalue weighted by Crippen LogP contribution is -2.47. The zero-order valence-corrected chi connectivity index (χ0v) is 13.1. The van der Waals surface area contributed by atoms with Crippen molar-refractivity contribution in [1.29, 1.82) is 0 Å². The Kier molecular flexibility index (Phi) is 5.43. The van der Waals surface area contributed by atoms with Crippen molar-refractivity contribution in [3.63, 3.8) is 0 Å². The Balaban J connectivity index is 2.04. The second-order valence-corrected chi connectivity index (χ2v) is 8.20. The Bertz CT molecular complexity index is 430. The van der Waals surface area contributed by atoms with E-state index in [2.05, 4.69) is 12.2 Å². The van der Waals surface area contributed by atoms with Crippen molar-refractivity contribution in [2.75, 3.05) is 31.1 Å². The summed E-state index contributed by atoms with van der Waals surface area (Å²) in [6.07, 6.45) is 4.34. The van der Waals surface area contributed by atoms with E-state index in [0.717, 1.165) is 38.8 Å². The van der Waals surface area contributed by atoms with Gasteiger partial charge < -0.3 is 10.2 Å². The van der Waals surface area contributed by atoms with Gasteiger partial charge in [-0.15, -0.1) is 0 Å². The number of nitrogens with one attached hydrogen (secondary N) is 1. The van der Waals surface area contributed by atoms with E-state index in [4.69, 9.17) is 0 Å². The van der Waals surface area contributed by atoms with Crippen LogP contribution in [0.15, 0.2) is 0 Å². The maximum absolute atomic E-state index is 12.7. The first kappa shape index (κ1) is 15.8. The minimum atomic E-state index is -2.94. The molecule has 0 radical (unpaired) electrons. The molecule has 2 heterocycles. The molecule has 0 saturated carbocycles. The summed E-state index contributed by atoms with van der Waals surface area (Å²) in [5.41, 5.74) is 0. The molecule has 1 amide bonds. The highest BCUT2D eigenvalue weighted by Crippen LogP contribution is 2.23. The summed E-state index contributed by atoms with van der Waals surface area (Å²) >= 11 is 0. The molecule has 0 aromatic carbocycles. The summed E-state index contributed by atoms with van der Waals surface area (Å²) < 4.78 is 23.3. The second kappa shape index (κ2) is 6.89. The summed E-state index contributed by atoms with van der Waals surface area (Å²) in [6.45, 7) is 4.58. The Morgan fingerprint density at radius 1 is 1.25 bits per heavy atom. The predicted octanol–water partition coefficient (Wildman–Crippen LogP) is 0.802. The van der Waals surface area contributed by atoms with Gasteiger partial charge in [0, 0.05) is 18.5 Å². The molecule has 0 aromatic heterocycles. The number of hydrogen-bond donors (Lipinski definition) is 1. The number of unbranched alkanes of at least 4 members (excludes halogenated alkanes) is 1. The minimum absolute atomic E-state index is 0.0800. The number of rotatable bonds is 5. The predicted molar refractivity (Wildman–Crippen MR) is 79.3 cm³/mol. The molecule has 20 heavy (non-hydrogen) atoms. The maximum Gasteiger partial charge on any atom is 0.226 e. The van der Waals surface area contributed by atoms with Crippen molar-refractivity contribution in [3.05, 3.63) is 0 Å². The number of hydrogen-bond acceptors (Lipinski definition) is 4. The lowest BCUT2D eigenvalue weighted by atomic mass is 9.95. The molecule has 2 rings (SSSR count). The van der Waals surface area contributed by atoms with Crippen LogP contribution in [-0.2, 0) is 14.6 Å². The van der Waals surface area contributed by atoms with E-state index in [1.54, 1.807) is 0 Å². The van der Waals surface area contributed by atoms with Crippen LogP contribution in [0.3, 0.4) is 0 Å². The van der Waals surface area contributed by atoms with Crippen LogP contribution in [0.2, 0.25) is 0 Å². The molecule has 2 saturated heterocycles. The lowest BCUT2D eigenvalue weighted by molar-refractivity contribution is -0.138. The first-order valence-corrected chi connectivity index (χ1v) is 9.57. The maximum atomic E-state index is 12.7. The summed E-state index contributed by atoms with van der Waals surface area (Å²) in [4.78, 5) is 14.6. The van der Waals surface area contributed by atoms with Gasteiger partial charge in [0.05, 0.1) is 11.5 Å². The van der Waals surface area contributed by atoms with Gasteiger partial charge in [0.15, 0.2) is 9.84 Å².